The summed E-state index contributed by atoms with van der Waals surface area (Å²) >= 11 is 0. The van der Waals surface area contributed by atoms with Crippen LogP contribution in [0.25, 0.3) is 32.7 Å². The van der Waals surface area contributed by atoms with Crippen molar-refractivity contribution in [1.82, 2.24) is 0 Å². The van der Waals surface area contributed by atoms with Gasteiger partial charge in [0.05, 0.1) is 0 Å². The lowest BCUT2D eigenvalue weighted by molar-refractivity contribution is -0.134. The average molecular weight is 416 g/mol. The molecule has 0 saturated heterocycles. The maximum absolute atomic E-state index is 11.7. The molecule has 0 aliphatic rings. The molecule has 0 radical (unpaired) electrons. The molecule has 0 atom stereocenters. The van der Waals surface area contributed by atoms with Crippen LogP contribution in [0.4, 0.5) is 0 Å². The fourth-order valence-corrected chi connectivity index (χ4v) is 3.63. The molecule has 0 heterocycles. The van der Waals surface area contributed by atoms with Crippen LogP contribution in [0.1, 0.15) is 26.3 Å². The first-order chi connectivity index (χ1) is 14.8. The molecule has 158 valence electrons. The normalized spacial score (nSPS) is 10.4. The van der Waals surface area contributed by atoms with Crippen molar-refractivity contribution < 1.29 is 24.5 Å². The third-order valence-electron chi connectivity index (χ3n) is 4.88. The number of fused-ring (bicyclic) bond motifs is 2. The van der Waals surface area contributed by atoms with E-state index in [1.54, 1.807) is 0 Å². The van der Waals surface area contributed by atoms with Crippen molar-refractivity contribution in [1.29, 1.82) is 0 Å². The number of carboxylic acid groups (broad SMARTS) is 1. The first-order valence-corrected chi connectivity index (χ1v) is 9.97. The molecule has 0 saturated carbocycles. The van der Waals surface area contributed by atoms with E-state index in [-0.39, 0.29) is 11.7 Å². The summed E-state index contributed by atoms with van der Waals surface area (Å²) in [4.78, 5) is 20.7. The summed E-state index contributed by atoms with van der Waals surface area (Å²) in [7, 11) is 0. The zero-order valence-electron chi connectivity index (χ0n) is 17.7. The second-order valence-corrected chi connectivity index (χ2v) is 7.11. The fourth-order valence-electron chi connectivity index (χ4n) is 3.63. The van der Waals surface area contributed by atoms with E-state index in [0.29, 0.717) is 5.75 Å². The first-order valence-electron chi connectivity index (χ1n) is 9.97. The highest BCUT2D eigenvalue weighted by molar-refractivity contribution is 6.17. The maximum atomic E-state index is 11.7. The molecule has 2 N–H and O–H groups in total. The van der Waals surface area contributed by atoms with Gasteiger partial charge in [0, 0.05) is 35.7 Å². The molecule has 4 aromatic carbocycles. The van der Waals surface area contributed by atoms with Crippen LogP contribution in [-0.2, 0) is 16.0 Å². The molecule has 0 spiro atoms. The van der Waals surface area contributed by atoms with Gasteiger partial charge in [0.2, 0.25) is 0 Å². The Kier molecular flexibility index (Phi) is 6.55. The molecule has 5 heteroatoms. The quantitative estimate of drug-likeness (QED) is 0.245. The highest BCUT2D eigenvalue weighted by atomic mass is 16.5. The molecular formula is C26H24O5. The van der Waals surface area contributed by atoms with Gasteiger partial charge in [0.25, 0.3) is 5.97 Å². The highest BCUT2D eigenvalue weighted by Gasteiger charge is 2.18. The van der Waals surface area contributed by atoms with E-state index < -0.39 is 5.97 Å². The van der Waals surface area contributed by atoms with Crippen molar-refractivity contribution in [2.75, 3.05) is 0 Å². The first kappa shape index (κ1) is 21.8. The predicted molar refractivity (Wildman–Crippen MR) is 123 cm³/mol. The number of ether oxygens (including phenoxy) is 1. The van der Waals surface area contributed by atoms with Crippen LogP contribution in [0.3, 0.4) is 0 Å². The summed E-state index contributed by atoms with van der Waals surface area (Å²) in [6.07, 6.45) is 0.853. The summed E-state index contributed by atoms with van der Waals surface area (Å²) in [5.74, 6) is -0.371. The number of aliphatic carboxylic acids is 1. The number of phenolic OH excluding ortho intramolecular Hbond substituents is 1. The number of hydrogen-bond acceptors (Lipinski definition) is 4. The highest BCUT2D eigenvalue weighted by Crippen LogP contribution is 2.45. The Balaban J connectivity index is 0.000000628. The van der Waals surface area contributed by atoms with E-state index >= 15 is 0 Å². The minimum absolute atomic E-state index is 0.268. The molecule has 0 aromatic heterocycles. The van der Waals surface area contributed by atoms with Crippen molar-refractivity contribution in [3.8, 4) is 22.6 Å². The molecule has 4 rings (SSSR count). The minimum atomic E-state index is -0.833. The number of hydrogen-bond donors (Lipinski definition) is 2. The Labute approximate surface area is 180 Å². The smallest absolute Gasteiger partial charge is 0.308 e. The SMILES string of the molecule is CC(=O)O.CCc1ccc(-c2c3ccccc3c(O)c3ccccc23)c(OC(C)=O)c1. The Morgan fingerprint density at radius 3 is 1.77 bits per heavy atom. The number of benzene rings is 4. The van der Waals surface area contributed by atoms with Crippen LogP contribution in [0.15, 0.2) is 66.7 Å². The molecular weight excluding hydrogens is 392 g/mol. The van der Waals surface area contributed by atoms with Crippen LogP contribution in [-0.4, -0.2) is 22.2 Å². The van der Waals surface area contributed by atoms with E-state index in [9.17, 15) is 9.90 Å². The van der Waals surface area contributed by atoms with Crippen molar-refractivity contribution in [3.05, 3.63) is 72.3 Å². The lowest BCUT2D eigenvalue weighted by Crippen LogP contribution is -2.03. The summed E-state index contributed by atoms with van der Waals surface area (Å²) in [6, 6.07) is 21.5. The van der Waals surface area contributed by atoms with Gasteiger partial charge >= 0.3 is 5.97 Å². The number of phenols is 1. The van der Waals surface area contributed by atoms with Crippen LogP contribution in [0.5, 0.6) is 11.5 Å². The van der Waals surface area contributed by atoms with Gasteiger partial charge in [0.15, 0.2) is 0 Å². The summed E-state index contributed by atoms with van der Waals surface area (Å²) in [5.41, 5.74) is 2.90. The Morgan fingerprint density at radius 2 is 1.32 bits per heavy atom. The van der Waals surface area contributed by atoms with E-state index in [2.05, 4.69) is 13.0 Å². The summed E-state index contributed by atoms with van der Waals surface area (Å²) in [5, 5.41) is 21.6. The predicted octanol–water partition coefficient (Wildman–Crippen LogP) is 5.94. The van der Waals surface area contributed by atoms with Crippen molar-refractivity contribution in [2.24, 2.45) is 0 Å². The topological polar surface area (TPSA) is 83.8 Å². The average Bonchev–Trinajstić information content (AvgIpc) is 2.74. The number of carbonyl (C=O) groups excluding carboxylic acids is 1. The van der Waals surface area contributed by atoms with Crippen LogP contribution < -0.4 is 4.74 Å². The lowest BCUT2D eigenvalue weighted by atomic mass is 9.90. The van der Waals surface area contributed by atoms with Crippen LogP contribution in [0.2, 0.25) is 0 Å². The van der Waals surface area contributed by atoms with Crippen LogP contribution in [0, 0.1) is 0 Å². The number of aromatic hydroxyl groups is 1. The third-order valence-corrected chi connectivity index (χ3v) is 4.88. The van der Waals surface area contributed by atoms with Crippen LogP contribution >= 0.6 is 0 Å². The van der Waals surface area contributed by atoms with Crippen molar-refractivity contribution in [3.63, 3.8) is 0 Å². The number of carboxylic acids is 1. The molecule has 0 aliphatic carbocycles. The third kappa shape index (κ3) is 4.67. The van der Waals surface area contributed by atoms with Gasteiger partial charge in [-0.2, -0.15) is 0 Å². The second-order valence-electron chi connectivity index (χ2n) is 7.11. The van der Waals surface area contributed by atoms with Gasteiger partial charge in [-0.1, -0.05) is 67.6 Å². The lowest BCUT2D eigenvalue weighted by Gasteiger charge is -2.17. The molecule has 0 fully saturated rings. The molecule has 5 nitrogen and oxygen atoms in total. The molecule has 0 aliphatic heterocycles. The number of carbonyl (C=O) groups is 2. The van der Waals surface area contributed by atoms with Gasteiger partial charge < -0.3 is 14.9 Å². The van der Waals surface area contributed by atoms with E-state index in [1.165, 1.54) is 6.92 Å². The number of esters is 1. The molecule has 0 amide bonds. The van der Waals surface area contributed by atoms with Crippen molar-refractivity contribution in [2.45, 2.75) is 27.2 Å². The molecule has 0 unspecified atom stereocenters. The van der Waals surface area contributed by atoms with Gasteiger partial charge in [-0.3, -0.25) is 9.59 Å². The summed E-state index contributed by atoms with van der Waals surface area (Å²) < 4.78 is 5.57. The maximum Gasteiger partial charge on any atom is 0.308 e. The monoisotopic (exact) mass is 416 g/mol. The number of aryl methyl sites for hydroxylation is 1. The summed E-state index contributed by atoms with van der Waals surface area (Å²) in [6.45, 7) is 4.56. The zero-order valence-corrected chi connectivity index (χ0v) is 17.7. The Bertz CT molecular complexity index is 1210. The standard InChI is InChI=1S/C24H20O3.C2H4O2/c1-3-16-12-13-21(22(14-16)27-15(2)25)23-17-8-4-6-10-19(17)24(26)20-11-7-5-9-18(20)23;1-2(3)4/h4-14,26H,3H2,1-2H3;1H3,(H,3,4). The number of rotatable bonds is 3. The van der Waals surface area contributed by atoms with Gasteiger partial charge in [-0.05, 0) is 28.8 Å². The zero-order chi connectivity index (χ0) is 22.5. The largest absolute Gasteiger partial charge is 0.507 e. The van der Waals surface area contributed by atoms with E-state index in [4.69, 9.17) is 14.6 Å². The molecule has 4 aromatic rings. The van der Waals surface area contributed by atoms with Gasteiger partial charge in [-0.25, -0.2) is 0 Å². The van der Waals surface area contributed by atoms with E-state index in [1.807, 2.05) is 60.7 Å². The van der Waals surface area contributed by atoms with E-state index in [0.717, 1.165) is 51.6 Å². The van der Waals surface area contributed by atoms with Gasteiger partial charge in [-0.15, -0.1) is 0 Å². The Morgan fingerprint density at radius 1 is 0.839 bits per heavy atom. The van der Waals surface area contributed by atoms with Gasteiger partial charge in [0.1, 0.15) is 11.5 Å². The molecule has 31 heavy (non-hydrogen) atoms. The second kappa shape index (κ2) is 9.30. The minimum Gasteiger partial charge on any atom is -0.507 e. The fraction of sp³-hybridized carbons (Fsp3) is 0.154. The van der Waals surface area contributed by atoms with Crippen molar-refractivity contribution >= 4 is 33.5 Å². The Hall–Kier alpha value is -3.86. The molecule has 0 bridgehead atoms.